The van der Waals surface area contributed by atoms with Crippen LogP contribution in [-0.4, -0.2) is 53.8 Å². The van der Waals surface area contributed by atoms with Gasteiger partial charge < -0.3 is 10.2 Å². The van der Waals surface area contributed by atoms with Gasteiger partial charge in [-0.05, 0) is 17.7 Å². The molecule has 148 valence electrons. The van der Waals surface area contributed by atoms with Crippen molar-refractivity contribution in [2.24, 2.45) is 0 Å². The molecule has 1 heterocycles. The topological polar surface area (TPSA) is 122 Å². The molecule has 1 aromatic rings. The Kier molecular flexibility index (Phi) is 6.68. The molecule has 10 nitrogen and oxygen atoms in total. The van der Waals surface area contributed by atoms with Crippen LogP contribution < -0.4 is 5.43 Å². The van der Waals surface area contributed by atoms with Crippen molar-refractivity contribution in [1.29, 1.82) is 0 Å². The second-order valence-corrected chi connectivity index (χ2v) is 8.69. The van der Waals surface area contributed by atoms with E-state index in [1.54, 1.807) is 0 Å². The van der Waals surface area contributed by atoms with E-state index < -0.39 is 21.0 Å². The van der Waals surface area contributed by atoms with Crippen molar-refractivity contribution < 1.29 is 22.9 Å². The van der Waals surface area contributed by atoms with Gasteiger partial charge in [0.05, 0.1) is 11.2 Å². The lowest BCUT2D eigenvalue weighted by molar-refractivity contribution is -0.384. The number of amides is 1. The molecule has 1 aliphatic rings. The third kappa shape index (κ3) is 5.84. The second kappa shape index (κ2) is 8.59. The molecular formula is C15H20N4O6S2. The first kappa shape index (κ1) is 21.0. The first-order chi connectivity index (χ1) is 12.6. The number of likely N-dealkylation sites (tertiary alicyclic amines) is 1. The molecule has 1 aliphatic heterocycles. The van der Waals surface area contributed by atoms with Gasteiger partial charge in [0, 0.05) is 49.3 Å². The number of hydrogen-bond donors (Lipinski definition) is 2. The Morgan fingerprint density at radius 3 is 2.67 bits per heavy atom. The lowest BCUT2D eigenvalue weighted by Gasteiger charge is -2.19. The Balaban J connectivity index is 1.99. The summed E-state index contributed by atoms with van der Waals surface area (Å²) in [5.74, 6) is 0. The Morgan fingerprint density at radius 1 is 1.48 bits per heavy atom. The normalized spacial score (nSPS) is 18.7. The molecule has 0 aliphatic carbocycles. The third-order valence-electron chi connectivity index (χ3n) is 3.83. The number of carbonyl (C=O) groups is 1. The fraction of sp³-hybridized carbons (Fsp3) is 0.400. The number of allylic oxidation sites excluding steroid dienone is 1. The van der Waals surface area contributed by atoms with Crippen molar-refractivity contribution in [3.63, 3.8) is 0 Å². The number of hydrazine groups is 1. The molecule has 0 spiro atoms. The second-order valence-electron chi connectivity index (χ2n) is 5.94. The van der Waals surface area contributed by atoms with Gasteiger partial charge in [0.2, 0.25) is 10.0 Å². The number of benzene rings is 1. The van der Waals surface area contributed by atoms with E-state index in [1.165, 1.54) is 42.4 Å². The number of non-ortho nitro benzene ring substituents is 1. The quantitative estimate of drug-likeness (QED) is 0.409. The molecule has 12 heteroatoms. The molecule has 1 atom stereocenters. The van der Waals surface area contributed by atoms with Gasteiger partial charge in [0.15, 0.2) is 0 Å². The fourth-order valence-electron chi connectivity index (χ4n) is 2.27. The van der Waals surface area contributed by atoms with Crippen LogP contribution in [-0.2, 0) is 21.4 Å². The molecule has 0 unspecified atom stereocenters. The predicted molar refractivity (Wildman–Crippen MR) is 101 cm³/mol. The van der Waals surface area contributed by atoms with Crippen molar-refractivity contribution in [2.45, 2.75) is 18.3 Å². The Labute approximate surface area is 162 Å². The van der Waals surface area contributed by atoms with Gasteiger partial charge >= 0.3 is 6.09 Å². The maximum atomic E-state index is 12.4. The molecule has 27 heavy (non-hydrogen) atoms. The van der Waals surface area contributed by atoms with Crippen LogP contribution in [0.25, 0.3) is 0 Å². The smallest absolute Gasteiger partial charge is 0.414 e. The number of ether oxygens (including phenoxy) is 1. The molecule has 0 radical (unpaired) electrons. The molecule has 2 rings (SSSR count). The number of nitrogens with zero attached hydrogens (tertiary/aromatic N) is 3. The SMILES string of the molecule is CN(NC=C1C[C@H](S)CN1C(=O)OCc1ccc([N+](=O)[O-])cc1)S(C)(=O)=O. The summed E-state index contributed by atoms with van der Waals surface area (Å²) in [5, 5.41) is 10.5. The van der Waals surface area contributed by atoms with Crippen molar-refractivity contribution in [2.75, 3.05) is 19.8 Å². The highest BCUT2D eigenvalue weighted by Gasteiger charge is 2.30. The van der Waals surface area contributed by atoms with E-state index in [0.29, 0.717) is 24.2 Å². The zero-order valence-corrected chi connectivity index (χ0v) is 16.4. The number of rotatable bonds is 6. The van der Waals surface area contributed by atoms with Gasteiger partial charge in [-0.1, -0.05) is 0 Å². The number of nitro groups is 1. The van der Waals surface area contributed by atoms with E-state index in [-0.39, 0.29) is 17.5 Å². The summed E-state index contributed by atoms with van der Waals surface area (Å²) in [5.41, 5.74) is 3.70. The molecule has 0 saturated carbocycles. The maximum absolute atomic E-state index is 12.4. The molecule has 1 N–H and O–H groups in total. The number of carbonyl (C=O) groups excluding carboxylic acids is 1. The van der Waals surface area contributed by atoms with Crippen molar-refractivity contribution in [1.82, 2.24) is 14.7 Å². The highest BCUT2D eigenvalue weighted by molar-refractivity contribution is 7.88. The Morgan fingerprint density at radius 2 is 2.11 bits per heavy atom. The van der Waals surface area contributed by atoms with Gasteiger partial charge in [0.1, 0.15) is 6.61 Å². The number of sulfonamides is 1. The maximum Gasteiger partial charge on any atom is 0.414 e. The van der Waals surface area contributed by atoms with Gasteiger partial charge in [-0.15, -0.1) is 4.41 Å². The zero-order valence-electron chi connectivity index (χ0n) is 14.7. The summed E-state index contributed by atoms with van der Waals surface area (Å²) >= 11 is 4.36. The molecule has 1 amide bonds. The summed E-state index contributed by atoms with van der Waals surface area (Å²) in [6, 6.07) is 5.68. The fourth-order valence-corrected chi connectivity index (χ4v) is 2.87. The predicted octanol–water partition coefficient (Wildman–Crippen LogP) is 1.47. The van der Waals surface area contributed by atoms with Crippen LogP contribution in [0.5, 0.6) is 0 Å². The largest absolute Gasteiger partial charge is 0.444 e. The number of hydrogen-bond acceptors (Lipinski definition) is 8. The van der Waals surface area contributed by atoms with Gasteiger partial charge in [-0.3, -0.25) is 15.0 Å². The van der Waals surface area contributed by atoms with Crippen LogP contribution in [0.2, 0.25) is 0 Å². The molecule has 0 aromatic heterocycles. The summed E-state index contributed by atoms with van der Waals surface area (Å²) in [4.78, 5) is 23.9. The summed E-state index contributed by atoms with van der Waals surface area (Å²) in [6.45, 7) is 0.271. The third-order valence-corrected chi connectivity index (χ3v) is 5.27. The number of nitro benzene ring substituents is 1. The van der Waals surface area contributed by atoms with E-state index in [1.807, 2.05) is 0 Å². The van der Waals surface area contributed by atoms with Crippen LogP contribution >= 0.6 is 12.6 Å². The van der Waals surface area contributed by atoms with E-state index in [2.05, 4.69) is 18.1 Å². The minimum absolute atomic E-state index is 0.0471. The van der Waals surface area contributed by atoms with E-state index in [9.17, 15) is 23.3 Å². The number of nitrogens with one attached hydrogen (secondary N) is 1. The van der Waals surface area contributed by atoms with Gasteiger partial charge in [-0.25, -0.2) is 13.2 Å². The average molecular weight is 416 g/mol. The zero-order chi connectivity index (χ0) is 20.2. The number of thiol groups is 1. The summed E-state index contributed by atoms with van der Waals surface area (Å²) in [7, 11) is -2.08. The Bertz CT molecular complexity index is 840. The van der Waals surface area contributed by atoms with E-state index >= 15 is 0 Å². The van der Waals surface area contributed by atoms with E-state index in [4.69, 9.17) is 4.74 Å². The first-order valence-electron chi connectivity index (χ1n) is 7.82. The van der Waals surface area contributed by atoms with Crippen molar-refractivity contribution in [3.8, 4) is 0 Å². The highest BCUT2D eigenvalue weighted by Crippen LogP contribution is 2.26. The van der Waals surface area contributed by atoms with E-state index in [0.717, 1.165) is 10.7 Å². The minimum Gasteiger partial charge on any atom is -0.444 e. The molecule has 0 bridgehead atoms. The first-order valence-corrected chi connectivity index (χ1v) is 10.2. The summed E-state index contributed by atoms with van der Waals surface area (Å²) in [6.07, 6.45) is 2.31. The Hall–Kier alpha value is -2.31. The molecule has 1 aromatic carbocycles. The summed E-state index contributed by atoms with van der Waals surface area (Å²) < 4.78 is 29.0. The minimum atomic E-state index is -3.43. The molecule has 1 saturated heterocycles. The van der Waals surface area contributed by atoms with Crippen LogP contribution in [0, 0.1) is 10.1 Å². The van der Waals surface area contributed by atoms with Crippen molar-refractivity contribution >= 4 is 34.4 Å². The lowest BCUT2D eigenvalue weighted by Crippen LogP contribution is -2.36. The standard InChI is InChI=1S/C15H20N4O6S2/c1-17(27(2,23)24)16-8-13-7-14(26)9-18(13)15(20)25-10-11-3-5-12(6-4-11)19(21)22/h3-6,8,14,16,26H,7,9-10H2,1-2H3/t14-/m0/s1. The molecular weight excluding hydrogens is 396 g/mol. The van der Waals surface area contributed by atoms with Crippen LogP contribution in [0.4, 0.5) is 10.5 Å². The average Bonchev–Trinajstić information content (AvgIpc) is 2.97. The van der Waals surface area contributed by atoms with Crippen LogP contribution in [0.3, 0.4) is 0 Å². The monoisotopic (exact) mass is 416 g/mol. The van der Waals surface area contributed by atoms with Crippen molar-refractivity contribution in [3.05, 3.63) is 51.8 Å². The highest BCUT2D eigenvalue weighted by atomic mass is 32.2. The van der Waals surface area contributed by atoms with Crippen LogP contribution in [0.15, 0.2) is 36.2 Å². The van der Waals surface area contributed by atoms with Gasteiger partial charge in [-0.2, -0.15) is 12.6 Å². The lowest BCUT2D eigenvalue weighted by atomic mass is 10.2. The molecule has 1 fully saturated rings. The van der Waals surface area contributed by atoms with Crippen LogP contribution in [0.1, 0.15) is 12.0 Å². The van der Waals surface area contributed by atoms with Gasteiger partial charge in [0.25, 0.3) is 5.69 Å².